The van der Waals surface area contributed by atoms with Crippen LogP contribution in [0.15, 0.2) is 22.9 Å². The maximum Gasteiger partial charge on any atom is 0.0112 e. The summed E-state index contributed by atoms with van der Waals surface area (Å²) in [5, 5.41) is 0. The predicted octanol–water partition coefficient (Wildman–Crippen LogP) is 1.82. The van der Waals surface area contributed by atoms with E-state index in [1.54, 1.807) is 5.57 Å². The molecule has 2 atom stereocenters. The number of rotatable bonds is 0. The monoisotopic (exact) mass is 135 g/mol. The van der Waals surface area contributed by atoms with Gasteiger partial charge in [0.25, 0.3) is 0 Å². The fourth-order valence-corrected chi connectivity index (χ4v) is 1.75. The zero-order valence-corrected chi connectivity index (χ0v) is 6.52. The van der Waals surface area contributed by atoms with Crippen molar-refractivity contribution in [2.75, 3.05) is 0 Å². The lowest BCUT2D eigenvalue weighted by Gasteiger charge is -2.15. The highest BCUT2D eigenvalue weighted by Gasteiger charge is 2.36. The first-order valence-electron chi connectivity index (χ1n) is 3.88. The minimum Gasteiger partial charge on any atom is -0.402 e. The van der Waals surface area contributed by atoms with E-state index in [2.05, 4.69) is 19.9 Å². The number of hydrogen-bond donors (Lipinski definition) is 1. The molecule has 2 rings (SSSR count). The lowest BCUT2D eigenvalue weighted by molar-refractivity contribution is 0.554. The van der Waals surface area contributed by atoms with Crippen molar-refractivity contribution in [3.05, 3.63) is 22.9 Å². The molecule has 0 aromatic rings. The van der Waals surface area contributed by atoms with Crippen LogP contribution in [-0.4, -0.2) is 0 Å². The Balaban J connectivity index is 2.26. The Morgan fingerprint density at radius 2 is 2.30 bits per heavy atom. The van der Waals surface area contributed by atoms with Gasteiger partial charge in [0.15, 0.2) is 0 Å². The second-order valence-electron chi connectivity index (χ2n) is 3.47. The van der Waals surface area contributed by atoms with Gasteiger partial charge in [-0.3, -0.25) is 0 Å². The Labute approximate surface area is 61.6 Å². The number of allylic oxidation sites excluding steroid dienone is 4. The minimum absolute atomic E-state index is 0.603. The Morgan fingerprint density at radius 3 is 2.90 bits per heavy atom. The zero-order chi connectivity index (χ0) is 7.30. The molecule has 1 nitrogen and oxygen atoms in total. The van der Waals surface area contributed by atoms with Gasteiger partial charge in [0, 0.05) is 11.6 Å². The Kier molecular flexibility index (Phi) is 0.997. The highest BCUT2D eigenvalue weighted by atomic mass is 14.6. The van der Waals surface area contributed by atoms with Gasteiger partial charge < -0.3 is 5.73 Å². The zero-order valence-electron chi connectivity index (χ0n) is 6.52. The van der Waals surface area contributed by atoms with Crippen molar-refractivity contribution >= 4 is 0 Å². The van der Waals surface area contributed by atoms with Crippen molar-refractivity contribution in [1.82, 2.24) is 0 Å². The smallest absolute Gasteiger partial charge is 0.0112 e. The maximum atomic E-state index is 5.78. The number of hydrogen-bond acceptors (Lipinski definition) is 1. The summed E-state index contributed by atoms with van der Waals surface area (Å²) in [5.41, 5.74) is 9.93. The van der Waals surface area contributed by atoms with Gasteiger partial charge in [0.1, 0.15) is 0 Å². The molecule has 0 bridgehead atoms. The Bertz CT molecular complexity index is 235. The van der Waals surface area contributed by atoms with Gasteiger partial charge in [-0.1, -0.05) is 12.5 Å². The molecule has 0 fully saturated rings. The predicted molar refractivity (Wildman–Crippen MR) is 42.2 cm³/mol. The van der Waals surface area contributed by atoms with Gasteiger partial charge in [-0.2, -0.15) is 0 Å². The van der Waals surface area contributed by atoms with E-state index in [4.69, 9.17) is 5.73 Å². The lowest BCUT2D eigenvalue weighted by Crippen LogP contribution is -2.13. The third-order valence-corrected chi connectivity index (χ3v) is 2.75. The van der Waals surface area contributed by atoms with Gasteiger partial charge in [0.05, 0.1) is 0 Å². The fourth-order valence-electron chi connectivity index (χ4n) is 1.75. The largest absolute Gasteiger partial charge is 0.402 e. The van der Waals surface area contributed by atoms with Crippen LogP contribution >= 0.6 is 0 Å². The molecule has 0 aromatic heterocycles. The molecular weight excluding hydrogens is 122 g/mol. The van der Waals surface area contributed by atoms with Gasteiger partial charge in [0.2, 0.25) is 0 Å². The second kappa shape index (κ2) is 1.66. The average molecular weight is 135 g/mol. The summed E-state index contributed by atoms with van der Waals surface area (Å²) < 4.78 is 0. The van der Waals surface area contributed by atoms with Gasteiger partial charge in [-0.25, -0.2) is 0 Å². The molecule has 0 aliphatic heterocycles. The molecule has 0 heterocycles. The highest BCUT2D eigenvalue weighted by Crippen LogP contribution is 2.48. The van der Waals surface area contributed by atoms with Crippen molar-refractivity contribution in [3.8, 4) is 0 Å². The molecule has 2 aliphatic rings. The summed E-state index contributed by atoms with van der Waals surface area (Å²) >= 11 is 0. The van der Waals surface area contributed by atoms with E-state index in [0.717, 1.165) is 11.6 Å². The third-order valence-electron chi connectivity index (χ3n) is 2.75. The van der Waals surface area contributed by atoms with E-state index in [0.29, 0.717) is 5.92 Å². The standard InChI is InChI=1S/C9H13N/c1-5-3-7-6(2)8(7)4-9(5)10/h4-5,7H,3,10H2,1-2H3/t5-,7+/m1/s1. The summed E-state index contributed by atoms with van der Waals surface area (Å²) in [6.45, 7) is 4.41. The van der Waals surface area contributed by atoms with Crippen molar-refractivity contribution < 1.29 is 0 Å². The third kappa shape index (κ3) is 0.634. The fraction of sp³-hybridized carbons (Fsp3) is 0.556. The first-order chi connectivity index (χ1) is 4.70. The molecule has 10 heavy (non-hydrogen) atoms. The van der Waals surface area contributed by atoms with Crippen LogP contribution in [0.2, 0.25) is 0 Å². The van der Waals surface area contributed by atoms with Crippen LogP contribution in [0.5, 0.6) is 0 Å². The molecule has 0 amide bonds. The van der Waals surface area contributed by atoms with Crippen LogP contribution in [0.3, 0.4) is 0 Å². The first-order valence-corrected chi connectivity index (χ1v) is 3.88. The van der Waals surface area contributed by atoms with E-state index in [1.165, 1.54) is 12.0 Å². The molecule has 1 heteroatoms. The van der Waals surface area contributed by atoms with Crippen molar-refractivity contribution in [3.63, 3.8) is 0 Å². The molecule has 0 unspecified atom stereocenters. The number of fused-ring (bicyclic) bond motifs is 1. The quantitative estimate of drug-likeness (QED) is 0.538. The van der Waals surface area contributed by atoms with Crippen LogP contribution in [-0.2, 0) is 0 Å². The topological polar surface area (TPSA) is 26.0 Å². The highest BCUT2D eigenvalue weighted by molar-refractivity contribution is 5.50. The van der Waals surface area contributed by atoms with Crippen LogP contribution < -0.4 is 5.73 Å². The van der Waals surface area contributed by atoms with E-state index >= 15 is 0 Å². The average Bonchev–Trinajstić information content (AvgIpc) is 2.46. The molecule has 2 N–H and O–H groups in total. The molecule has 0 aromatic carbocycles. The van der Waals surface area contributed by atoms with Gasteiger partial charge >= 0.3 is 0 Å². The van der Waals surface area contributed by atoms with Crippen molar-refractivity contribution in [2.24, 2.45) is 17.6 Å². The SMILES string of the molecule is CC1=C2C=C(N)[C@H](C)C[C@@H]12. The van der Waals surface area contributed by atoms with Crippen LogP contribution in [0.25, 0.3) is 0 Å². The van der Waals surface area contributed by atoms with Crippen molar-refractivity contribution in [2.45, 2.75) is 20.3 Å². The van der Waals surface area contributed by atoms with E-state index in [1.807, 2.05) is 0 Å². The summed E-state index contributed by atoms with van der Waals surface area (Å²) in [4.78, 5) is 0. The van der Waals surface area contributed by atoms with E-state index < -0.39 is 0 Å². The molecule has 54 valence electrons. The minimum atomic E-state index is 0.603. The summed E-state index contributed by atoms with van der Waals surface area (Å²) in [5.74, 6) is 1.41. The first kappa shape index (κ1) is 6.02. The molecule has 2 aliphatic carbocycles. The molecule has 0 spiro atoms. The Hall–Kier alpha value is -0.720. The maximum absolute atomic E-state index is 5.78. The molecule has 0 radical (unpaired) electrons. The molecule has 0 saturated heterocycles. The van der Waals surface area contributed by atoms with E-state index in [-0.39, 0.29) is 0 Å². The van der Waals surface area contributed by atoms with E-state index in [9.17, 15) is 0 Å². The summed E-state index contributed by atoms with van der Waals surface area (Å²) in [6, 6.07) is 0. The lowest BCUT2D eigenvalue weighted by atomic mass is 9.93. The van der Waals surface area contributed by atoms with Crippen molar-refractivity contribution in [1.29, 1.82) is 0 Å². The number of nitrogens with two attached hydrogens (primary N) is 1. The Morgan fingerprint density at radius 1 is 1.60 bits per heavy atom. The molecule has 0 saturated carbocycles. The second-order valence-corrected chi connectivity index (χ2v) is 3.47. The summed E-state index contributed by atoms with van der Waals surface area (Å²) in [6.07, 6.45) is 3.41. The van der Waals surface area contributed by atoms with Crippen LogP contribution in [0.4, 0.5) is 0 Å². The van der Waals surface area contributed by atoms with Crippen LogP contribution in [0, 0.1) is 11.8 Å². The molecular formula is C9H13N. The van der Waals surface area contributed by atoms with Gasteiger partial charge in [-0.15, -0.1) is 0 Å². The summed E-state index contributed by atoms with van der Waals surface area (Å²) in [7, 11) is 0. The normalized spacial score (nSPS) is 37.2. The van der Waals surface area contributed by atoms with Gasteiger partial charge in [-0.05, 0) is 30.9 Å². The van der Waals surface area contributed by atoms with Crippen LogP contribution in [0.1, 0.15) is 20.3 Å².